The van der Waals surface area contributed by atoms with Gasteiger partial charge in [-0.15, -0.1) is 0 Å². The van der Waals surface area contributed by atoms with E-state index < -0.39 is 0 Å². The summed E-state index contributed by atoms with van der Waals surface area (Å²) in [4.78, 5) is 0. The first kappa shape index (κ1) is 30.5. The minimum absolute atomic E-state index is 0.203. The summed E-state index contributed by atoms with van der Waals surface area (Å²) in [6.07, 6.45) is 17.7. The lowest BCUT2D eigenvalue weighted by atomic mass is 9.86. The monoisotopic (exact) mass is 553 g/mol. The predicted molar refractivity (Wildman–Crippen MR) is 172 cm³/mol. The van der Waals surface area contributed by atoms with Gasteiger partial charge in [0.05, 0.1) is 0 Å². The number of aromatic hydroxyl groups is 2. The second-order valence-electron chi connectivity index (χ2n) is 11.2. The first-order valence-corrected chi connectivity index (χ1v) is 15.5. The Morgan fingerprint density at radius 1 is 0.780 bits per heavy atom. The van der Waals surface area contributed by atoms with E-state index in [1.807, 2.05) is 25.1 Å². The third-order valence-electron chi connectivity index (χ3n) is 7.95. The number of allylic oxidation sites excluding steroid dienone is 1. The molecule has 1 unspecified atom stereocenters. The Labute approximate surface area is 246 Å². The van der Waals surface area contributed by atoms with Gasteiger partial charge in [-0.1, -0.05) is 113 Å². The summed E-state index contributed by atoms with van der Waals surface area (Å²) in [5.41, 5.74) is 5.96. The van der Waals surface area contributed by atoms with Gasteiger partial charge in [-0.05, 0) is 72.5 Å². The number of rotatable bonds is 16. The Morgan fingerprint density at radius 2 is 1.46 bits per heavy atom. The quantitative estimate of drug-likeness (QED) is 0.155. The van der Waals surface area contributed by atoms with Gasteiger partial charge in [0.25, 0.3) is 0 Å². The zero-order valence-electron chi connectivity index (χ0n) is 24.9. The normalized spacial score (nSPS) is 14.8. The van der Waals surface area contributed by atoms with Crippen LogP contribution in [0.1, 0.15) is 106 Å². The SMILES string of the molecule is CCCCCCCCCCCCNC/C=C\c1ccc(C2Oc3ccc(O)cc3C(C)=C2c2cccc(O)c2)cc1. The Bertz CT molecular complexity index is 1290. The maximum Gasteiger partial charge on any atom is 0.150 e. The van der Waals surface area contributed by atoms with Gasteiger partial charge in [-0.25, -0.2) is 0 Å². The lowest BCUT2D eigenvalue weighted by molar-refractivity contribution is 0.259. The molecule has 4 rings (SSSR count). The molecule has 4 nitrogen and oxygen atoms in total. The molecule has 1 aliphatic heterocycles. The topological polar surface area (TPSA) is 61.7 Å². The van der Waals surface area contributed by atoms with Crippen LogP contribution < -0.4 is 10.1 Å². The van der Waals surface area contributed by atoms with Crippen LogP contribution in [0.4, 0.5) is 0 Å². The highest BCUT2D eigenvalue weighted by Crippen LogP contribution is 2.47. The molecule has 3 aromatic carbocycles. The van der Waals surface area contributed by atoms with Crippen molar-refractivity contribution in [3.05, 3.63) is 95.1 Å². The molecule has 0 spiro atoms. The summed E-state index contributed by atoms with van der Waals surface area (Å²) in [6.45, 7) is 6.27. The van der Waals surface area contributed by atoms with Gasteiger partial charge >= 0.3 is 0 Å². The van der Waals surface area contributed by atoms with E-state index in [4.69, 9.17) is 4.74 Å². The molecular weight excluding hydrogens is 506 g/mol. The van der Waals surface area contributed by atoms with E-state index in [1.54, 1.807) is 24.3 Å². The molecule has 0 amide bonds. The average Bonchev–Trinajstić information content (AvgIpc) is 2.98. The highest BCUT2D eigenvalue weighted by molar-refractivity contribution is 5.95. The predicted octanol–water partition coefficient (Wildman–Crippen LogP) is 9.69. The minimum Gasteiger partial charge on any atom is -0.508 e. The maximum atomic E-state index is 10.2. The van der Waals surface area contributed by atoms with E-state index in [-0.39, 0.29) is 17.6 Å². The van der Waals surface area contributed by atoms with Crippen molar-refractivity contribution in [2.45, 2.75) is 84.2 Å². The lowest BCUT2D eigenvalue weighted by Crippen LogP contribution is -2.16. The molecule has 1 heterocycles. The van der Waals surface area contributed by atoms with Gasteiger partial charge in [0.2, 0.25) is 0 Å². The average molecular weight is 554 g/mol. The summed E-state index contributed by atoms with van der Waals surface area (Å²) >= 11 is 0. The molecule has 0 saturated heterocycles. The Morgan fingerprint density at radius 3 is 2.17 bits per heavy atom. The number of phenols is 2. The molecule has 0 radical (unpaired) electrons. The highest BCUT2D eigenvalue weighted by atomic mass is 16.5. The second kappa shape index (κ2) is 16.1. The molecule has 0 saturated carbocycles. The van der Waals surface area contributed by atoms with Crippen molar-refractivity contribution in [3.8, 4) is 17.2 Å². The van der Waals surface area contributed by atoms with Crippen molar-refractivity contribution in [1.29, 1.82) is 0 Å². The fourth-order valence-corrected chi connectivity index (χ4v) is 5.62. The van der Waals surface area contributed by atoms with E-state index >= 15 is 0 Å². The number of hydrogen-bond donors (Lipinski definition) is 3. The van der Waals surface area contributed by atoms with Crippen LogP contribution in [0.5, 0.6) is 17.2 Å². The van der Waals surface area contributed by atoms with Gasteiger partial charge in [0.1, 0.15) is 23.4 Å². The van der Waals surface area contributed by atoms with Crippen molar-refractivity contribution in [3.63, 3.8) is 0 Å². The molecule has 0 fully saturated rings. The van der Waals surface area contributed by atoms with Crippen LogP contribution in [-0.2, 0) is 0 Å². The largest absolute Gasteiger partial charge is 0.508 e. The summed E-state index contributed by atoms with van der Waals surface area (Å²) < 4.78 is 6.50. The molecule has 0 aromatic heterocycles. The molecule has 41 heavy (non-hydrogen) atoms. The molecular formula is C37H47NO3. The van der Waals surface area contributed by atoms with Crippen LogP contribution in [-0.4, -0.2) is 23.3 Å². The van der Waals surface area contributed by atoms with Crippen LogP contribution in [0.25, 0.3) is 17.2 Å². The van der Waals surface area contributed by atoms with Crippen molar-refractivity contribution >= 4 is 17.2 Å². The van der Waals surface area contributed by atoms with Crippen molar-refractivity contribution in [2.24, 2.45) is 0 Å². The maximum absolute atomic E-state index is 10.2. The second-order valence-corrected chi connectivity index (χ2v) is 11.2. The van der Waals surface area contributed by atoms with Crippen molar-refractivity contribution in [2.75, 3.05) is 13.1 Å². The number of nitrogens with one attached hydrogen (secondary N) is 1. The standard InChI is InChI=1S/C37H47NO3/c1-3-4-5-6-7-8-9-10-11-12-24-38-25-14-15-29-18-20-30(21-19-29)37-36(31-16-13-17-32(39)26-31)28(2)34-27-33(40)22-23-35(34)41-37/h13-23,26-27,37-40H,3-12,24-25H2,1-2H3/b15-14-. The molecule has 0 bridgehead atoms. The van der Waals surface area contributed by atoms with E-state index in [1.165, 1.54) is 64.2 Å². The minimum atomic E-state index is -0.324. The van der Waals surface area contributed by atoms with Crippen LogP contribution >= 0.6 is 0 Å². The fraction of sp³-hybridized carbons (Fsp3) is 0.405. The summed E-state index contributed by atoms with van der Waals surface area (Å²) in [5, 5.41) is 23.8. The molecule has 218 valence electrons. The number of benzene rings is 3. The zero-order chi connectivity index (χ0) is 28.9. The van der Waals surface area contributed by atoms with Crippen LogP contribution in [0.15, 0.2) is 72.8 Å². The number of phenolic OH excluding ortho intramolecular Hbond substituents is 2. The van der Waals surface area contributed by atoms with Crippen molar-refractivity contribution in [1.82, 2.24) is 5.32 Å². The van der Waals surface area contributed by atoms with E-state index in [9.17, 15) is 10.2 Å². The molecule has 3 N–H and O–H groups in total. The molecule has 1 aliphatic rings. The van der Waals surface area contributed by atoms with Gasteiger partial charge in [0, 0.05) is 17.7 Å². The van der Waals surface area contributed by atoms with Crippen LogP contribution in [0.2, 0.25) is 0 Å². The molecule has 3 aromatic rings. The summed E-state index contributed by atoms with van der Waals surface area (Å²) in [7, 11) is 0. The third kappa shape index (κ3) is 8.99. The Hall–Kier alpha value is -3.50. The van der Waals surface area contributed by atoms with Crippen LogP contribution in [0, 0.1) is 0 Å². The first-order chi connectivity index (χ1) is 20.1. The van der Waals surface area contributed by atoms with E-state index in [0.717, 1.165) is 52.2 Å². The highest BCUT2D eigenvalue weighted by Gasteiger charge is 2.29. The number of ether oxygens (including phenoxy) is 1. The number of fused-ring (bicyclic) bond motifs is 1. The zero-order valence-corrected chi connectivity index (χ0v) is 24.9. The van der Waals surface area contributed by atoms with Crippen molar-refractivity contribution < 1.29 is 14.9 Å². The Balaban J connectivity index is 1.28. The molecule has 4 heteroatoms. The fourth-order valence-electron chi connectivity index (χ4n) is 5.62. The third-order valence-corrected chi connectivity index (χ3v) is 7.95. The van der Waals surface area contributed by atoms with Gasteiger partial charge < -0.3 is 20.3 Å². The first-order valence-electron chi connectivity index (χ1n) is 15.5. The molecule has 0 aliphatic carbocycles. The summed E-state index contributed by atoms with van der Waals surface area (Å²) in [5.74, 6) is 1.16. The smallest absolute Gasteiger partial charge is 0.150 e. The molecule has 1 atom stereocenters. The van der Waals surface area contributed by atoms with Crippen LogP contribution in [0.3, 0.4) is 0 Å². The number of hydrogen-bond acceptors (Lipinski definition) is 4. The van der Waals surface area contributed by atoms with Gasteiger partial charge in [-0.3, -0.25) is 0 Å². The van der Waals surface area contributed by atoms with Gasteiger partial charge in [-0.2, -0.15) is 0 Å². The lowest BCUT2D eigenvalue weighted by Gasteiger charge is -2.31. The van der Waals surface area contributed by atoms with E-state index in [0.29, 0.717) is 0 Å². The van der Waals surface area contributed by atoms with E-state index in [2.05, 4.69) is 48.7 Å². The number of unbranched alkanes of at least 4 members (excludes halogenated alkanes) is 9. The summed E-state index contributed by atoms with van der Waals surface area (Å²) in [6, 6.07) is 21.0. The van der Waals surface area contributed by atoms with Gasteiger partial charge in [0.15, 0.2) is 0 Å². The Kier molecular flexibility index (Phi) is 11.9.